The number of carbonyl (C=O) groups is 1. The summed E-state index contributed by atoms with van der Waals surface area (Å²) in [4.78, 5) is 15.7. The normalized spacial score (nSPS) is 15.8. The van der Waals surface area contributed by atoms with E-state index in [0.717, 1.165) is 57.6 Å². The molecule has 1 fully saturated rings. The van der Waals surface area contributed by atoms with Crippen molar-refractivity contribution >= 4 is 17.2 Å². The molecule has 0 amide bonds. The van der Waals surface area contributed by atoms with E-state index in [1.807, 2.05) is 69.6 Å². The van der Waals surface area contributed by atoms with E-state index in [-0.39, 0.29) is 17.5 Å². The smallest absolute Gasteiger partial charge is 0.339 e. The number of carbonyl (C=O) groups excluding carboxylic acids is 1. The largest absolute Gasteiger partial charge is 0.490 e. The van der Waals surface area contributed by atoms with Gasteiger partial charge in [0.15, 0.2) is 6.10 Å². The SMILES string of the molecule is C=CCOC1(C)CCN(c2c([C@H](OC(C)(C)C)C(=O)OC)c(C)cn3nc(-c4cccc(-c5ccc(F)cc5O[C@@H](C)CC=C)c4)cc23)CC1. The lowest BCUT2D eigenvalue weighted by molar-refractivity contribution is -0.164. The van der Waals surface area contributed by atoms with Gasteiger partial charge < -0.3 is 23.8 Å². The lowest BCUT2D eigenvalue weighted by Gasteiger charge is -2.41. The van der Waals surface area contributed by atoms with Crippen LogP contribution in [-0.4, -0.2) is 59.7 Å². The number of rotatable bonds is 13. The number of pyridine rings is 1. The predicted molar refractivity (Wildman–Crippen MR) is 197 cm³/mol. The highest BCUT2D eigenvalue weighted by atomic mass is 19.1. The number of benzene rings is 2. The lowest BCUT2D eigenvalue weighted by Crippen LogP contribution is -2.45. The highest BCUT2D eigenvalue weighted by Gasteiger charge is 2.37. The van der Waals surface area contributed by atoms with E-state index in [9.17, 15) is 9.18 Å². The molecule has 0 unspecified atom stereocenters. The first kappa shape index (κ1) is 36.8. The van der Waals surface area contributed by atoms with Gasteiger partial charge in [-0.25, -0.2) is 13.7 Å². The minimum atomic E-state index is -0.951. The van der Waals surface area contributed by atoms with Crippen molar-refractivity contribution in [3.8, 4) is 28.1 Å². The second-order valence-electron chi connectivity index (χ2n) is 14.3. The van der Waals surface area contributed by atoms with E-state index in [2.05, 4.69) is 31.0 Å². The molecule has 0 spiro atoms. The second-order valence-corrected chi connectivity index (χ2v) is 14.3. The Labute approximate surface area is 295 Å². The molecule has 0 radical (unpaired) electrons. The number of methoxy groups -OCH3 is 1. The summed E-state index contributed by atoms with van der Waals surface area (Å²) in [5, 5.41) is 5.05. The summed E-state index contributed by atoms with van der Waals surface area (Å²) in [5.74, 6) is -0.358. The van der Waals surface area contributed by atoms with Crippen molar-refractivity contribution in [3.63, 3.8) is 0 Å². The van der Waals surface area contributed by atoms with Gasteiger partial charge in [0.25, 0.3) is 0 Å². The Balaban J connectivity index is 1.64. The number of aryl methyl sites for hydroxylation is 1. The molecule has 1 saturated heterocycles. The fraction of sp³-hybridized carbons (Fsp3) is 0.415. The summed E-state index contributed by atoms with van der Waals surface area (Å²) in [5.41, 5.74) is 5.72. The molecule has 0 bridgehead atoms. The van der Waals surface area contributed by atoms with Crippen LogP contribution in [0.4, 0.5) is 10.1 Å². The van der Waals surface area contributed by atoms with Crippen LogP contribution < -0.4 is 9.64 Å². The minimum absolute atomic E-state index is 0.164. The summed E-state index contributed by atoms with van der Waals surface area (Å²) in [7, 11) is 1.39. The summed E-state index contributed by atoms with van der Waals surface area (Å²) in [6.07, 6.45) is 6.61. The number of halogens is 1. The quantitative estimate of drug-likeness (QED) is 0.103. The van der Waals surface area contributed by atoms with Gasteiger partial charge in [0.2, 0.25) is 0 Å². The van der Waals surface area contributed by atoms with Crippen molar-refractivity contribution in [2.75, 3.05) is 31.7 Å². The van der Waals surface area contributed by atoms with E-state index >= 15 is 0 Å². The minimum Gasteiger partial charge on any atom is -0.490 e. The standard InChI is InChI=1S/C41H50FN3O5/c1-10-13-28(4)49-35-24-31(42)16-17-32(35)29-14-12-15-30(23-29)33-25-34-37(44-20-18-41(8,19-21-44)48-22-11-2)36(27(3)26-45(34)43-33)38(39(46)47-9)50-40(5,6)7/h10-12,14-17,23-26,28,38H,1-2,13,18-22H2,3-9H3/t28-,38-/m0/s1. The third kappa shape index (κ3) is 8.28. The van der Waals surface area contributed by atoms with Crippen LogP contribution in [-0.2, 0) is 19.0 Å². The van der Waals surface area contributed by atoms with Gasteiger partial charge in [0, 0.05) is 48.5 Å². The maximum Gasteiger partial charge on any atom is 0.339 e. The Hall–Kier alpha value is -4.47. The number of hydrogen-bond donors (Lipinski definition) is 0. The maximum atomic E-state index is 14.4. The maximum absolute atomic E-state index is 14.4. The van der Waals surface area contributed by atoms with Crippen LogP contribution >= 0.6 is 0 Å². The van der Waals surface area contributed by atoms with E-state index < -0.39 is 17.7 Å². The van der Waals surface area contributed by atoms with Crippen LogP contribution in [0.15, 0.2) is 80.0 Å². The summed E-state index contributed by atoms with van der Waals surface area (Å²) >= 11 is 0. The van der Waals surface area contributed by atoms with Crippen LogP contribution in [0.25, 0.3) is 27.9 Å². The van der Waals surface area contributed by atoms with Crippen molar-refractivity contribution in [1.82, 2.24) is 9.61 Å². The van der Waals surface area contributed by atoms with E-state index in [1.165, 1.54) is 19.2 Å². The van der Waals surface area contributed by atoms with Gasteiger partial charge in [-0.05, 0) is 89.8 Å². The molecule has 4 aromatic rings. The number of piperidine rings is 1. The molecule has 3 heterocycles. The van der Waals surface area contributed by atoms with Gasteiger partial charge in [-0.1, -0.05) is 30.4 Å². The third-order valence-corrected chi connectivity index (χ3v) is 9.05. The summed E-state index contributed by atoms with van der Waals surface area (Å²) in [6.45, 7) is 21.4. The molecule has 5 rings (SSSR count). The van der Waals surface area contributed by atoms with E-state index in [1.54, 1.807) is 18.2 Å². The fourth-order valence-electron chi connectivity index (χ4n) is 6.52. The number of fused-ring (bicyclic) bond motifs is 1. The Kier molecular flexibility index (Phi) is 11.2. The molecule has 50 heavy (non-hydrogen) atoms. The number of esters is 1. The van der Waals surface area contributed by atoms with Gasteiger partial charge in [0.05, 0.1) is 47.9 Å². The van der Waals surface area contributed by atoms with Crippen LogP contribution in [0.5, 0.6) is 5.75 Å². The summed E-state index contributed by atoms with van der Waals surface area (Å²) in [6, 6.07) is 14.7. The zero-order chi connectivity index (χ0) is 36.2. The topological polar surface area (TPSA) is 74.5 Å². The molecule has 2 aromatic carbocycles. The molecule has 2 atom stereocenters. The van der Waals surface area contributed by atoms with Gasteiger partial charge >= 0.3 is 5.97 Å². The Morgan fingerprint density at radius 3 is 2.46 bits per heavy atom. The van der Waals surface area contributed by atoms with Crippen molar-refractivity contribution < 1.29 is 28.1 Å². The number of hydrogen-bond acceptors (Lipinski definition) is 7. The molecule has 266 valence electrons. The highest BCUT2D eigenvalue weighted by Crippen LogP contribution is 2.42. The molecular formula is C41H50FN3O5. The third-order valence-electron chi connectivity index (χ3n) is 9.05. The van der Waals surface area contributed by atoms with Crippen LogP contribution in [0.2, 0.25) is 0 Å². The Bertz CT molecular complexity index is 1850. The lowest BCUT2D eigenvalue weighted by atomic mass is 9.91. The molecule has 0 N–H and O–H groups in total. The predicted octanol–water partition coefficient (Wildman–Crippen LogP) is 9.05. The average Bonchev–Trinajstić information content (AvgIpc) is 3.49. The zero-order valence-corrected chi connectivity index (χ0v) is 30.4. The van der Waals surface area contributed by atoms with Crippen molar-refractivity contribution in [3.05, 3.63) is 97.0 Å². The first-order valence-corrected chi connectivity index (χ1v) is 17.2. The van der Waals surface area contributed by atoms with Crippen molar-refractivity contribution in [2.24, 2.45) is 0 Å². The van der Waals surface area contributed by atoms with Gasteiger partial charge in [0.1, 0.15) is 11.6 Å². The summed E-state index contributed by atoms with van der Waals surface area (Å²) < 4.78 is 40.3. The van der Waals surface area contributed by atoms with Crippen LogP contribution in [0, 0.1) is 12.7 Å². The number of aromatic nitrogens is 2. The first-order valence-electron chi connectivity index (χ1n) is 17.2. The van der Waals surface area contributed by atoms with Crippen molar-refractivity contribution in [2.45, 2.75) is 84.2 Å². The van der Waals surface area contributed by atoms with E-state index in [0.29, 0.717) is 31.9 Å². The van der Waals surface area contributed by atoms with Crippen LogP contribution in [0.1, 0.15) is 71.1 Å². The van der Waals surface area contributed by atoms with Crippen molar-refractivity contribution in [1.29, 1.82) is 0 Å². The zero-order valence-electron chi connectivity index (χ0n) is 30.4. The molecule has 0 aliphatic carbocycles. The average molecular weight is 684 g/mol. The highest BCUT2D eigenvalue weighted by molar-refractivity contribution is 5.88. The Morgan fingerprint density at radius 1 is 1.08 bits per heavy atom. The monoisotopic (exact) mass is 683 g/mol. The molecule has 2 aromatic heterocycles. The van der Waals surface area contributed by atoms with Gasteiger partial charge in [-0.3, -0.25) is 0 Å². The number of ether oxygens (including phenoxy) is 4. The second kappa shape index (κ2) is 15.2. The molecule has 0 saturated carbocycles. The van der Waals surface area contributed by atoms with Crippen LogP contribution in [0.3, 0.4) is 0 Å². The van der Waals surface area contributed by atoms with Gasteiger partial charge in [-0.15, -0.1) is 13.2 Å². The molecular weight excluding hydrogens is 633 g/mol. The Morgan fingerprint density at radius 2 is 1.80 bits per heavy atom. The fourth-order valence-corrected chi connectivity index (χ4v) is 6.52. The molecule has 9 heteroatoms. The van der Waals surface area contributed by atoms with E-state index in [4.69, 9.17) is 24.0 Å². The van der Waals surface area contributed by atoms with Gasteiger partial charge in [-0.2, -0.15) is 5.10 Å². The molecule has 1 aliphatic heterocycles. The molecule has 8 nitrogen and oxygen atoms in total. The first-order chi connectivity index (χ1) is 23.8. The molecule has 1 aliphatic rings. The number of nitrogens with zero attached hydrogens (tertiary/aromatic N) is 3. The number of anilines is 1.